The molecular formula is C16H22N2. The summed E-state index contributed by atoms with van der Waals surface area (Å²) in [5, 5.41) is 3.46. The SMILES string of the molecule is CCCNCc1cccn1[C@H](C)c1ccccc1. The summed E-state index contributed by atoms with van der Waals surface area (Å²) in [7, 11) is 0. The van der Waals surface area contributed by atoms with Crippen molar-refractivity contribution in [1.29, 1.82) is 0 Å². The van der Waals surface area contributed by atoms with Crippen molar-refractivity contribution in [2.45, 2.75) is 32.9 Å². The van der Waals surface area contributed by atoms with Crippen molar-refractivity contribution in [3.8, 4) is 0 Å². The Kier molecular flexibility index (Phi) is 4.59. The van der Waals surface area contributed by atoms with Gasteiger partial charge >= 0.3 is 0 Å². The first-order chi connectivity index (χ1) is 8.83. The van der Waals surface area contributed by atoms with Gasteiger partial charge in [-0.15, -0.1) is 0 Å². The summed E-state index contributed by atoms with van der Waals surface area (Å²) < 4.78 is 2.35. The van der Waals surface area contributed by atoms with Gasteiger partial charge in [-0.2, -0.15) is 0 Å². The molecule has 18 heavy (non-hydrogen) atoms. The Morgan fingerprint density at radius 3 is 2.61 bits per heavy atom. The van der Waals surface area contributed by atoms with Gasteiger partial charge in [0.2, 0.25) is 0 Å². The molecule has 1 aromatic heterocycles. The Morgan fingerprint density at radius 2 is 1.89 bits per heavy atom. The topological polar surface area (TPSA) is 17.0 Å². The van der Waals surface area contributed by atoms with E-state index in [0.717, 1.165) is 13.1 Å². The fraction of sp³-hybridized carbons (Fsp3) is 0.375. The highest BCUT2D eigenvalue weighted by molar-refractivity contribution is 5.21. The normalized spacial score (nSPS) is 12.6. The number of hydrogen-bond acceptors (Lipinski definition) is 1. The summed E-state index contributed by atoms with van der Waals surface area (Å²) in [6.45, 7) is 6.46. The quantitative estimate of drug-likeness (QED) is 0.766. The smallest absolute Gasteiger partial charge is 0.0555 e. The van der Waals surface area contributed by atoms with Crippen LogP contribution in [0.25, 0.3) is 0 Å². The second kappa shape index (κ2) is 6.41. The van der Waals surface area contributed by atoms with Crippen LogP contribution >= 0.6 is 0 Å². The minimum absolute atomic E-state index is 0.389. The second-order valence-electron chi connectivity index (χ2n) is 4.67. The third-order valence-corrected chi connectivity index (χ3v) is 3.30. The maximum absolute atomic E-state index is 3.46. The molecule has 2 heteroatoms. The van der Waals surface area contributed by atoms with E-state index in [1.165, 1.54) is 17.7 Å². The second-order valence-corrected chi connectivity index (χ2v) is 4.67. The van der Waals surface area contributed by atoms with Gasteiger partial charge in [-0.05, 0) is 37.6 Å². The van der Waals surface area contributed by atoms with E-state index in [9.17, 15) is 0 Å². The molecule has 0 saturated carbocycles. The Morgan fingerprint density at radius 1 is 1.11 bits per heavy atom. The molecule has 1 atom stereocenters. The van der Waals surface area contributed by atoms with Crippen LogP contribution in [0.3, 0.4) is 0 Å². The largest absolute Gasteiger partial charge is 0.343 e. The first-order valence-electron chi connectivity index (χ1n) is 6.74. The van der Waals surface area contributed by atoms with Crippen molar-refractivity contribution in [2.24, 2.45) is 0 Å². The maximum atomic E-state index is 3.46. The predicted octanol–water partition coefficient (Wildman–Crippen LogP) is 3.60. The average Bonchev–Trinajstić information content (AvgIpc) is 2.88. The van der Waals surface area contributed by atoms with Crippen molar-refractivity contribution in [1.82, 2.24) is 9.88 Å². The third-order valence-electron chi connectivity index (χ3n) is 3.30. The molecule has 0 aliphatic rings. The summed E-state index contributed by atoms with van der Waals surface area (Å²) >= 11 is 0. The Labute approximate surface area is 110 Å². The van der Waals surface area contributed by atoms with Gasteiger partial charge in [0.1, 0.15) is 0 Å². The Balaban J connectivity index is 2.11. The number of hydrogen-bond donors (Lipinski definition) is 1. The molecule has 1 N–H and O–H groups in total. The van der Waals surface area contributed by atoms with E-state index < -0.39 is 0 Å². The van der Waals surface area contributed by atoms with Gasteiger partial charge in [-0.3, -0.25) is 0 Å². The highest BCUT2D eigenvalue weighted by atomic mass is 15.0. The van der Waals surface area contributed by atoms with E-state index in [1.54, 1.807) is 0 Å². The van der Waals surface area contributed by atoms with Crippen molar-refractivity contribution >= 4 is 0 Å². The molecule has 0 fully saturated rings. The summed E-state index contributed by atoms with van der Waals surface area (Å²) in [4.78, 5) is 0. The number of benzene rings is 1. The molecule has 0 saturated heterocycles. The monoisotopic (exact) mass is 242 g/mol. The van der Waals surface area contributed by atoms with Gasteiger partial charge < -0.3 is 9.88 Å². The molecule has 2 rings (SSSR count). The lowest BCUT2D eigenvalue weighted by Gasteiger charge is -2.18. The summed E-state index contributed by atoms with van der Waals surface area (Å²) in [5.41, 5.74) is 2.70. The Hall–Kier alpha value is -1.54. The van der Waals surface area contributed by atoms with E-state index in [1.807, 2.05) is 0 Å². The summed E-state index contributed by atoms with van der Waals surface area (Å²) in [6, 6.07) is 15.4. The number of nitrogens with zero attached hydrogens (tertiary/aromatic N) is 1. The molecule has 0 radical (unpaired) electrons. The highest BCUT2D eigenvalue weighted by Gasteiger charge is 2.09. The van der Waals surface area contributed by atoms with Crippen LogP contribution in [0, 0.1) is 0 Å². The third kappa shape index (κ3) is 3.02. The van der Waals surface area contributed by atoms with Gasteiger partial charge in [0.05, 0.1) is 6.04 Å². The summed E-state index contributed by atoms with van der Waals surface area (Å²) in [6.07, 6.45) is 3.34. The molecule has 0 aliphatic heterocycles. The molecule has 1 aromatic carbocycles. The van der Waals surface area contributed by atoms with E-state index in [0.29, 0.717) is 6.04 Å². The molecule has 1 heterocycles. The average molecular weight is 242 g/mol. The van der Waals surface area contributed by atoms with Crippen LogP contribution in [0.1, 0.15) is 37.6 Å². The fourth-order valence-electron chi connectivity index (χ4n) is 2.24. The predicted molar refractivity (Wildman–Crippen MR) is 76.7 cm³/mol. The molecule has 2 nitrogen and oxygen atoms in total. The van der Waals surface area contributed by atoms with Crippen molar-refractivity contribution in [3.63, 3.8) is 0 Å². The zero-order valence-electron chi connectivity index (χ0n) is 11.3. The van der Waals surface area contributed by atoms with Crippen LogP contribution in [-0.4, -0.2) is 11.1 Å². The standard InChI is InChI=1S/C16H22N2/c1-3-11-17-13-16-10-7-12-18(16)14(2)15-8-5-4-6-9-15/h4-10,12,14,17H,3,11,13H2,1-2H3/t14-/m1/s1. The van der Waals surface area contributed by atoms with Gasteiger partial charge in [0, 0.05) is 18.4 Å². The van der Waals surface area contributed by atoms with Crippen LogP contribution < -0.4 is 5.32 Å². The molecule has 0 amide bonds. The van der Waals surface area contributed by atoms with E-state index >= 15 is 0 Å². The molecule has 0 spiro atoms. The van der Waals surface area contributed by atoms with E-state index in [2.05, 4.69) is 72.4 Å². The van der Waals surface area contributed by atoms with Gasteiger partial charge in [0.25, 0.3) is 0 Å². The van der Waals surface area contributed by atoms with E-state index in [4.69, 9.17) is 0 Å². The molecule has 2 aromatic rings. The van der Waals surface area contributed by atoms with Crippen LogP contribution in [0.2, 0.25) is 0 Å². The molecule has 0 unspecified atom stereocenters. The number of aromatic nitrogens is 1. The number of nitrogens with one attached hydrogen (secondary N) is 1. The Bertz CT molecular complexity index is 459. The maximum Gasteiger partial charge on any atom is 0.0555 e. The molecule has 96 valence electrons. The minimum atomic E-state index is 0.389. The molecular weight excluding hydrogens is 220 g/mol. The zero-order valence-corrected chi connectivity index (χ0v) is 11.3. The lowest BCUT2D eigenvalue weighted by molar-refractivity contribution is 0.575. The van der Waals surface area contributed by atoms with Crippen LogP contribution in [0.15, 0.2) is 48.7 Å². The van der Waals surface area contributed by atoms with Gasteiger partial charge in [-0.1, -0.05) is 37.3 Å². The molecule has 0 aliphatic carbocycles. The van der Waals surface area contributed by atoms with Gasteiger partial charge in [0.15, 0.2) is 0 Å². The van der Waals surface area contributed by atoms with Gasteiger partial charge in [-0.25, -0.2) is 0 Å². The fourth-order valence-corrected chi connectivity index (χ4v) is 2.24. The van der Waals surface area contributed by atoms with Crippen molar-refractivity contribution < 1.29 is 0 Å². The van der Waals surface area contributed by atoms with Crippen LogP contribution in [0.4, 0.5) is 0 Å². The zero-order chi connectivity index (χ0) is 12.8. The van der Waals surface area contributed by atoms with Crippen LogP contribution in [0.5, 0.6) is 0 Å². The van der Waals surface area contributed by atoms with E-state index in [-0.39, 0.29) is 0 Å². The number of rotatable bonds is 6. The molecule has 0 bridgehead atoms. The van der Waals surface area contributed by atoms with Crippen LogP contribution in [-0.2, 0) is 6.54 Å². The first kappa shape index (κ1) is 12.9. The minimum Gasteiger partial charge on any atom is -0.343 e. The highest BCUT2D eigenvalue weighted by Crippen LogP contribution is 2.19. The summed E-state index contributed by atoms with van der Waals surface area (Å²) in [5.74, 6) is 0. The lowest BCUT2D eigenvalue weighted by Crippen LogP contribution is -2.18. The lowest BCUT2D eigenvalue weighted by atomic mass is 10.1. The first-order valence-corrected chi connectivity index (χ1v) is 6.74. The van der Waals surface area contributed by atoms with Crippen molar-refractivity contribution in [3.05, 3.63) is 59.9 Å². The van der Waals surface area contributed by atoms with Crippen molar-refractivity contribution in [2.75, 3.05) is 6.54 Å².